The van der Waals surface area contributed by atoms with Gasteiger partial charge in [-0.25, -0.2) is 9.69 Å². The number of nitrogens with zero attached hydrogens (tertiary/aromatic N) is 8. The molecule has 0 unspecified atom stereocenters. The standard InChI is InChI=1S/C30H32N4O6.C25H24N4O4/c1-6-37-28(35)30(29(36)38-7-2)16-34(17-30)24-13-12-20-21(24)9-8-10-22(20)26-32-27(40-33-26)19-11-14-25(39-18(3)4)23(15-19)31-5;1-14(2)32-22-10-7-15(11-20(22)26-3)24-27-23(28-33-24)19-6-4-5-18-17(19)8-9-21(18)29-12-16(13-29)25(30)31/h8-11,14-15,18,24H,6-7,12-13,16-17H2,1-4H3;4-7,10-11,14,16,21H,8-9,12-13H2,1-2H3,(H,30,31)/t24-;21-/m11/s1. The molecule has 10 rings (SSSR count). The summed E-state index contributed by atoms with van der Waals surface area (Å²) in [5.74, 6) is 0.661. The molecular weight excluding hydrogens is 933 g/mol. The Morgan fingerprint density at radius 3 is 1.56 bits per heavy atom. The highest BCUT2D eigenvalue weighted by Gasteiger charge is 2.60. The van der Waals surface area contributed by atoms with Crippen LogP contribution in [0.2, 0.25) is 0 Å². The summed E-state index contributed by atoms with van der Waals surface area (Å²) in [7, 11) is 0. The number of carboxylic acids is 1. The molecule has 0 bridgehead atoms. The van der Waals surface area contributed by atoms with Crippen LogP contribution in [-0.4, -0.2) is 105 Å². The molecule has 18 heteroatoms. The van der Waals surface area contributed by atoms with Crippen molar-refractivity contribution in [1.82, 2.24) is 30.1 Å². The second-order valence-corrected chi connectivity index (χ2v) is 19.0. The Kier molecular flexibility index (Phi) is 14.4. The number of likely N-dealkylation sites (tertiary alicyclic amines) is 2. The summed E-state index contributed by atoms with van der Waals surface area (Å²) in [5.41, 5.74) is 7.27. The molecule has 2 aliphatic carbocycles. The molecule has 1 N–H and O–H groups in total. The quantitative estimate of drug-likeness (QED) is 0.0578. The summed E-state index contributed by atoms with van der Waals surface area (Å²) in [4.78, 5) is 57.4. The molecule has 0 saturated carbocycles. The first-order valence-electron chi connectivity index (χ1n) is 24.6. The van der Waals surface area contributed by atoms with Crippen LogP contribution >= 0.6 is 0 Å². The monoisotopic (exact) mass is 988 g/mol. The van der Waals surface area contributed by atoms with E-state index in [1.807, 2.05) is 58.0 Å². The number of carbonyl (C=O) groups is 3. The van der Waals surface area contributed by atoms with E-state index >= 15 is 0 Å². The smallest absolute Gasteiger partial charge is 0.326 e. The zero-order chi connectivity index (χ0) is 51.6. The van der Waals surface area contributed by atoms with Crippen molar-refractivity contribution in [2.75, 3.05) is 39.4 Å². The molecule has 0 radical (unpaired) electrons. The lowest BCUT2D eigenvalue weighted by atomic mass is 9.78. The lowest BCUT2D eigenvalue weighted by Crippen LogP contribution is -2.65. The Morgan fingerprint density at radius 1 is 0.699 bits per heavy atom. The molecule has 4 aromatic carbocycles. The van der Waals surface area contributed by atoms with Crippen molar-refractivity contribution in [2.24, 2.45) is 11.3 Å². The minimum atomic E-state index is -1.28. The lowest BCUT2D eigenvalue weighted by Gasteiger charge is -2.48. The minimum Gasteiger partial charge on any atom is -0.502 e. The minimum absolute atomic E-state index is 0.0263. The van der Waals surface area contributed by atoms with Crippen LogP contribution in [0.15, 0.2) is 81.8 Å². The average Bonchev–Trinajstić information content (AvgIpc) is 4.19. The van der Waals surface area contributed by atoms with Gasteiger partial charge in [0.25, 0.3) is 11.8 Å². The van der Waals surface area contributed by atoms with E-state index in [9.17, 15) is 19.5 Å². The summed E-state index contributed by atoms with van der Waals surface area (Å²) < 4.78 is 33.0. The molecule has 2 fully saturated rings. The predicted octanol–water partition coefficient (Wildman–Crippen LogP) is 9.90. The lowest BCUT2D eigenvalue weighted by molar-refractivity contribution is -0.188. The maximum atomic E-state index is 12.7. The van der Waals surface area contributed by atoms with Gasteiger partial charge in [-0.2, -0.15) is 9.97 Å². The second kappa shape index (κ2) is 21.0. The van der Waals surface area contributed by atoms with Crippen LogP contribution in [0, 0.1) is 24.5 Å². The summed E-state index contributed by atoms with van der Waals surface area (Å²) in [6, 6.07) is 22.9. The number of hydrogen-bond acceptors (Lipinski definition) is 15. The first-order chi connectivity index (χ1) is 35.2. The van der Waals surface area contributed by atoms with Crippen LogP contribution in [0.4, 0.5) is 11.4 Å². The molecule has 0 amide bonds. The Balaban J connectivity index is 0.000000183. The van der Waals surface area contributed by atoms with Gasteiger partial charge in [0.15, 0.2) is 5.41 Å². The number of ether oxygens (including phenoxy) is 4. The molecule has 6 aromatic rings. The summed E-state index contributed by atoms with van der Waals surface area (Å²) in [5, 5.41) is 17.7. The Bertz CT molecular complexity index is 3120. The first-order valence-corrected chi connectivity index (χ1v) is 24.6. The van der Waals surface area contributed by atoms with E-state index in [2.05, 4.69) is 51.9 Å². The van der Waals surface area contributed by atoms with Gasteiger partial charge >= 0.3 is 17.9 Å². The van der Waals surface area contributed by atoms with Crippen LogP contribution < -0.4 is 9.47 Å². The maximum Gasteiger partial charge on any atom is 0.326 e. The van der Waals surface area contributed by atoms with E-state index in [1.54, 1.807) is 44.2 Å². The highest BCUT2D eigenvalue weighted by atomic mass is 16.6. The molecule has 0 spiro atoms. The molecule has 4 heterocycles. The van der Waals surface area contributed by atoms with Crippen molar-refractivity contribution >= 4 is 29.3 Å². The molecule has 2 aliphatic heterocycles. The van der Waals surface area contributed by atoms with Gasteiger partial charge in [-0.15, -0.1) is 0 Å². The number of hydrogen-bond donors (Lipinski definition) is 1. The van der Waals surface area contributed by atoms with Gasteiger partial charge < -0.3 is 33.1 Å². The van der Waals surface area contributed by atoms with E-state index in [0.717, 1.165) is 47.9 Å². The number of carboxylic acid groups (broad SMARTS) is 1. The van der Waals surface area contributed by atoms with Crippen LogP contribution in [0.1, 0.15) is 88.7 Å². The van der Waals surface area contributed by atoms with Gasteiger partial charge in [-0.3, -0.25) is 24.2 Å². The highest BCUT2D eigenvalue weighted by Crippen LogP contribution is 2.47. The normalized spacial score (nSPS) is 17.8. The fourth-order valence-corrected chi connectivity index (χ4v) is 10.2. The molecule has 2 atom stereocenters. The molecule has 18 nitrogen and oxygen atoms in total. The number of esters is 2. The molecule has 4 aliphatic rings. The van der Waals surface area contributed by atoms with Crippen molar-refractivity contribution < 1.29 is 47.5 Å². The van der Waals surface area contributed by atoms with Gasteiger partial charge in [-0.1, -0.05) is 46.7 Å². The number of fused-ring (bicyclic) bond motifs is 2. The SMILES string of the molecule is [C-]#[N+]c1cc(-c2nc(-c3cccc4c3CC[C@H]4N3CC(C(=O)O)C3)no2)ccc1OC(C)C.[C-]#[N+]c1cc(-c2nc(-c3cccc4c3CC[C@H]4N3CC(C(=O)OCC)(C(=O)OCC)C3)no2)ccc1OC(C)C. The fraction of sp³-hybridized carbons (Fsp3) is 0.400. The van der Waals surface area contributed by atoms with Gasteiger partial charge in [0.1, 0.15) is 11.5 Å². The predicted molar refractivity (Wildman–Crippen MR) is 266 cm³/mol. The van der Waals surface area contributed by atoms with Gasteiger partial charge in [0, 0.05) is 60.5 Å². The van der Waals surface area contributed by atoms with Gasteiger partial charge in [0.05, 0.1) is 44.5 Å². The largest absolute Gasteiger partial charge is 0.502 e. The van der Waals surface area contributed by atoms with E-state index < -0.39 is 23.3 Å². The van der Waals surface area contributed by atoms with Crippen LogP contribution in [0.25, 0.3) is 55.4 Å². The zero-order valence-electron chi connectivity index (χ0n) is 41.6. The summed E-state index contributed by atoms with van der Waals surface area (Å²) >= 11 is 0. The molecule has 73 heavy (non-hydrogen) atoms. The summed E-state index contributed by atoms with van der Waals surface area (Å²) in [6.07, 6.45) is 3.40. The molecule has 376 valence electrons. The number of aromatic nitrogens is 4. The van der Waals surface area contributed by atoms with Gasteiger partial charge in [0.2, 0.25) is 23.0 Å². The summed E-state index contributed by atoms with van der Waals surface area (Å²) in [6.45, 7) is 28.2. The van der Waals surface area contributed by atoms with E-state index in [1.165, 1.54) is 11.1 Å². The topological polar surface area (TPSA) is 201 Å². The second-order valence-electron chi connectivity index (χ2n) is 19.0. The van der Waals surface area contributed by atoms with Crippen molar-refractivity contribution in [3.05, 3.63) is 118 Å². The van der Waals surface area contributed by atoms with Crippen molar-refractivity contribution in [1.29, 1.82) is 0 Å². The Hall–Kier alpha value is -7.93. The van der Waals surface area contributed by atoms with Crippen molar-refractivity contribution in [3.8, 4) is 57.2 Å². The third-order valence-corrected chi connectivity index (χ3v) is 13.6. The third kappa shape index (κ3) is 9.88. The molecular formula is C55H56N8O10. The van der Waals surface area contributed by atoms with E-state index in [4.69, 9.17) is 41.1 Å². The average molecular weight is 989 g/mol. The Morgan fingerprint density at radius 2 is 1.15 bits per heavy atom. The molecule has 2 aromatic heterocycles. The highest BCUT2D eigenvalue weighted by molar-refractivity contribution is 6.02. The molecule has 2 saturated heterocycles. The number of benzene rings is 4. The van der Waals surface area contributed by atoms with Crippen LogP contribution in [0.3, 0.4) is 0 Å². The van der Waals surface area contributed by atoms with E-state index in [-0.39, 0.29) is 56.5 Å². The zero-order valence-corrected chi connectivity index (χ0v) is 41.6. The number of carbonyl (C=O) groups excluding carboxylic acids is 2. The van der Waals surface area contributed by atoms with E-state index in [0.29, 0.717) is 70.5 Å². The van der Waals surface area contributed by atoms with Crippen molar-refractivity contribution in [3.63, 3.8) is 0 Å². The number of rotatable bonds is 15. The Labute approximate surface area is 422 Å². The van der Waals surface area contributed by atoms with Crippen molar-refractivity contribution in [2.45, 2.75) is 91.5 Å². The first kappa shape index (κ1) is 50.0. The third-order valence-electron chi connectivity index (χ3n) is 13.6. The maximum absolute atomic E-state index is 12.7. The number of aliphatic carboxylic acids is 1. The van der Waals surface area contributed by atoms with Crippen LogP contribution in [-0.2, 0) is 36.7 Å². The van der Waals surface area contributed by atoms with Gasteiger partial charge in [-0.05, 0) is 126 Å². The van der Waals surface area contributed by atoms with Crippen LogP contribution in [0.5, 0.6) is 11.5 Å². The fourth-order valence-electron chi connectivity index (χ4n) is 10.2.